The van der Waals surface area contributed by atoms with E-state index in [0.29, 0.717) is 24.7 Å². The minimum atomic E-state index is -4.28. The monoisotopic (exact) mass is 774 g/mol. The Balaban J connectivity index is 1.24. The third-order valence-electron chi connectivity index (χ3n) is 8.76. The van der Waals surface area contributed by atoms with Gasteiger partial charge in [0.25, 0.3) is 0 Å². The summed E-state index contributed by atoms with van der Waals surface area (Å²) in [6.45, 7) is 0.671. The van der Waals surface area contributed by atoms with E-state index in [0.717, 1.165) is 21.6 Å². The minimum Gasteiger partial charge on any atom is -0.395 e. The Morgan fingerprint density at radius 2 is 0.855 bits per heavy atom. The molecule has 1 heterocycles. The van der Waals surface area contributed by atoms with E-state index >= 15 is 0 Å². The lowest BCUT2D eigenvalue weighted by molar-refractivity contribution is -0.251. The molecule has 0 N–H and O–H groups in total. The molecular formula is C45H43O8PS. The van der Waals surface area contributed by atoms with Crippen LogP contribution in [0.1, 0.15) is 16.7 Å². The Labute approximate surface area is 326 Å². The summed E-state index contributed by atoms with van der Waals surface area (Å²) in [7, 11) is -4.28. The van der Waals surface area contributed by atoms with Crippen LogP contribution in [0.2, 0.25) is 0 Å². The van der Waals surface area contributed by atoms with Crippen molar-refractivity contribution in [3.8, 4) is 11.5 Å². The minimum absolute atomic E-state index is 0.209. The summed E-state index contributed by atoms with van der Waals surface area (Å²) in [6, 6.07) is 57.5. The zero-order valence-corrected chi connectivity index (χ0v) is 31.9. The van der Waals surface area contributed by atoms with Crippen LogP contribution in [0.5, 0.6) is 11.5 Å². The van der Waals surface area contributed by atoms with Gasteiger partial charge in [0.1, 0.15) is 41.4 Å². The summed E-state index contributed by atoms with van der Waals surface area (Å²) in [4.78, 5) is 0.983. The molecule has 3 unspecified atom stereocenters. The Bertz CT molecular complexity index is 1980. The van der Waals surface area contributed by atoms with Crippen molar-refractivity contribution in [2.24, 2.45) is 0 Å². The molecule has 8 nitrogen and oxygen atoms in total. The number of rotatable bonds is 18. The van der Waals surface area contributed by atoms with E-state index in [9.17, 15) is 4.57 Å². The molecule has 1 saturated heterocycles. The van der Waals surface area contributed by atoms with Gasteiger partial charge < -0.3 is 28.0 Å². The molecule has 0 aliphatic carbocycles. The van der Waals surface area contributed by atoms with E-state index in [2.05, 4.69) is 0 Å². The molecule has 1 aliphatic heterocycles. The van der Waals surface area contributed by atoms with Crippen molar-refractivity contribution >= 4 is 19.6 Å². The first-order valence-electron chi connectivity index (χ1n) is 18.2. The third kappa shape index (κ3) is 11.4. The average Bonchev–Trinajstić information content (AvgIpc) is 3.23. The lowest BCUT2D eigenvalue weighted by atomic mass is 9.99. The van der Waals surface area contributed by atoms with Crippen LogP contribution in [0, 0.1) is 0 Å². The molecule has 6 aromatic carbocycles. The molecule has 0 amide bonds. The lowest BCUT2D eigenvalue weighted by Gasteiger charge is -2.46. The van der Waals surface area contributed by atoms with Gasteiger partial charge in [-0.15, -0.1) is 0 Å². The van der Waals surface area contributed by atoms with Crippen LogP contribution in [0.3, 0.4) is 0 Å². The van der Waals surface area contributed by atoms with E-state index in [1.807, 2.05) is 133 Å². The number of phosphoric ester groups is 1. The Kier molecular flexibility index (Phi) is 13.9. The number of phosphoric acid groups is 1. The lowest BCUT2D eigenvalue weighted by Crippen LogP contribution is -2.60. The molecule has 0 spiro atoms. The van der Waals surface area contributed by atoms with Crippen molar-refractivity contribution in [1.29, 1.82) is 0 Å². The molecule has 7 rings (SSSR count). The second kappa shape index (κ2) is 19.8. The molecule has 10 heteroatoms. The maximum Gasteiger partial charge on any atom is 0.587 e. The quantitative estimate of drug-likeness (QED) is 0.0793. The predicted molar refractivity (Wildman–Crippen MR) is 214 cm³/mol. The van der Waals surface area contributed by atoms with E-state index in [4.69, 9.17) is 32.5 Å². The Morgan fingerprint density at radius 3 is 1.31 bits per heavy atom. The zero-order valence-electron chi connectivity index (χ0n) is 30.2. The van der Waals surface area contributed by atoms with E-state index in [1.165, 1.54) is 11.8 Å². The fourth-order valence-corrected chi connectivity index (χ4v) is 8.45. The van der Waals surface area contributed by atoms with Crippen LogP contribution in [-0.2, 0) is 47.9 Å². The van der Waals surface area contributed by atoms with Gasteiger partial charge >= 0.3 is 7.82 Å². The van der Waals surface area contributed by atoms with Gasteiger partial charge in [0, 0.05) is 4.90 Å². The van der Waals surface area contributed by atoms with Crippen molar-refractivity contribution < 1.29 is 37.1 Å². The van der Waals surface area contributed by atoms with E-state index in [1.54, 1.807) is 48.5 Å². The average molecular weight is 775 g/mol. The van der Waals surface area contributed by atoms with Gasteiger partial charge in [-0.1, -0.05) is 157 Å². The van der Waals surface area contributed by atoms with Crippen LogP contribution in [0.25, 0.3) is 0 Å². The molecule has 0 bridgehead atoms. The molecule has 55 heavy (non-hydrogen) atoms. The van der Waals surface area contributed by atoms with Crippen LogP contribution in [0.15, 0.2) is 187 Å². The third-order valence-corrected chi connectivity index (χ3v) is 11.3. The number of benzene rings is 6. The van der Waals surface area contributed by atoms with Crippen molar-refractivity contribution in [1.82, 2.24) is 0 Å². The number of para-hydroxylation sites is 2. The predicted octanol–water partition coefficient (Wildman–Crippen LogP) is 10.5. The fourth-order valence-electron chi connectivity index (χ4n) is 6.06. The zero-order chi connectivity index (χ0) is 37.5. The molecule has 5 atom stereocenters. The van der Waals surface area contributed by atoms with Gasteiger partial charge in [-0.25, -0.2) is 4.57 Å². The molecule has 6 aromatic rings. The van der Waals surface area contributed by atoms with Crippen LogP contribution in [0.4, 0.5) is 0 Å². The van der Waals surface area contributed by atoms with E-state index in [-0.39, 0.29) is 13.2 Å². The van der Waals surface area contributed by atoms with Gasteiger partial charge in [0.2, 0.25) is 0 Å². The normalized spacial score (nSPS) is 19.7. The summed E-state index contributed by atoms with van der Waals surface area (Å²) >= 11 is 1.52. The van der Waals surface area contributed by atoms with E-state index < -0.39 is 37.7 Å². The molecule has 282 valence electrons. The highest BCUT2D eigenvalue weighted by molar-refractivity contribution is 7.99. The number of thioether (sulfide) groups is 1. The van der Waals surface area contributed by atoms with Crippen molar-refractivity contribution in [2.45, 2.75) is 54.6 Å². The SMILES string of the molecule is O=P(OCC1O[C@H](Sc2ccccc2)C(OCc2ccccc2)C(OCc2ccccc2)[C@@H]1OCc1ccccc1)(Oc1ccccc1)Oc1ccccc1. The smallest absolute Gasteiger partial charge is 0.395 e. The van der Waals surface area contributed by atoms with Crippen LogP contribution >= 0.6 is 19.6 Å². The first-order chi connectivity index (χ1) is 27.1. The summed E-state index contributed by atoms with van der Waals surface area (Å²) < 4.78 is 60.1. The van der Waals surface area contributed by atoms with Crippen molar-refractivity contribution in [3.05, 3.63) is 199 Å². The number of hydrogen-bond donors (Lipinski definition) is 0. The maximum absolute atomic E-state index is 14.5. The fraction of sp³-hybridized carbons (Fsp3) is 0.200. The summed E-state index contributed by atoms with van der Waals surface area (Å²) in [5.41, 5.74) is 2.39. The van der Waals surface area contributed by atoms with Gasteiger partial charge in [0.05, 0.1) is 26.4 Å². The summed E-state index contributed by atoms with van der Waals surface area (Å²) in [5.74, 6) is 0.665. The van der Waals surface area contributed by atoms with Crippen molar-refractivity contribution in [3.63, 3.8) is 0 Å². The number of hydrogen-bond acceptors (Lipinski definition) is 9. The molecule has 0 saturated carbocycles. The standard InChI is InChI=1S/C45H43O8PS/c46-54(52-38-25-13-4-14-26-38,53-39-27-15-5-16-28-39)50-34-41-42(47-31-35-19-7-1-8-20-35)43(48-32-36-21-9-2-10-22-36)44(49-33-37-23-11-3-12-24-37)45(51-41)55-40-29-17-6-18-30-40/h1-30,41-45H,31-34H2/t41?,42-,43?,44?,45-/m1/s1. The number of ether oxygens (including phenoxy) is 4. The molecule has 0 radical (unpaired) electrons. The summed E-state index contributed by atoms with van der Waals surface area (Å²) in [5, 5.41) is 0. The molecule has 0 aromatic heterocycles. The first kappa shape index (κ1) is 38.6. The molecule has 1 fully saturated rings. The first-order valence-corrected chi connectivity index (χ1v) is 20.5. The molecular weight excluding hydrogens is 732 g/mol. The highest BCUT2D eigenvalue weighted by Crippen LogP contribution is 2.50. The summed E-state index contributed by atoms with van der Waals surface area (Å²) in [6.07, 6.45) is -2.78. The van der Waals surface area contributed by atoms with Gasteiger partial charge in [-0.3, -0.25) is 4.52 Å². The maximum atomic E-state index is 14.5. The Morgan fingerprint density at radius 1 is 0.473 bits per heavy atom. The molecule has 1 aliphatic rings. The highest BCUT2D eigenvalue weighted by atomic mass is 32.2. The second-order valence-corrected chi connectivity index (χ2v) is 15.5. The Hall–Kier alpha value is -4.70. The topological polar surface area (TPSA) is 81.7 Å². The highest BCUT2D eigenvalue weighted by Gasteiger charge is 2.50. The van der Waals surface area contributed by atoms with Crippen molar-refractivity contribution in [2.75, 3.05) is 6.61 Å². The second-order valence-electron chi connectivity index (χ2n) is 12.8. The van der Waals surface area contributed by atoms with Gasteiger partial charge in [0.15, 0.2) is 0 Å². The van der Waals surface area contributed by atoms with Gasteiger partial charge in [-0.2, -0.15) is 0 Å². The largest absolute Gasteiger partial charge is 0.587 e. The van der Waals surface area contributed by atoms with Crippen LogP contribution in [-0.4, -0.2) is 36.5 Å². The van der Waals surface area contributed by atoms with Gasteiger partial charge in [-0.05, 0) is 53.1 Å². The van der Waals surface area contributed by atoms with Crippen LogP contribution < -0.4 is 9.05 Å².